The summed E-state index contributed by atoms with van der Waals surface area (Å²) >= 11 is 0. The minimum atomic E-state index is -0.0555. The maximum Gasteiger partial charge on any atom is 0.119 e. The van der Waals surface area contributed by atoms with Crippen LogP contribution in [0.1, 0.15) is 26.3 Å². The van der Waals surface area contributed by atoms with Gasteiger partial charge in [0.05, 0.1) is 6.61 Å². The van der Waals surface area contributed by atoms with E-state index in [4.69, 9.17) is 4.74 Å². The lowest BCUT2D eigenvalue weighted by Gasteiger charge is -2.28. The van der Waals surface area contributed by atoms with E-state index < -0.39 is 0 Å². The molecule has 0 aromatic heterocycles. The van der Waals surface area contributed by atoms with Crippen LogP contribution in [0.4, 0.5) is 0 Å². The summed E-state index contributed by atoms with van der Waals surface area (Å²) in [6.45, 7) is 8.79. The molecule has 1 aromatic carbocycles. The molecule has 3 heteroatoms. The van der Waals surface area contributed by atoms with Crippen molar-refractivity contribution in [2.24, 2.45) is 5.41 Å². The minimum absolute atomic E-state index is 0.0555. The number of hydrogen-bond acceptors (Lipinski definition) is 3. The average molecular weight is 251 g/mol. The molecule has 0 aliphatic carbocycles. The summed E-state index contributed by atoms with van der Waals surface area (Å²) in [5, 5.41) is 9.26. The molecule has 0 amide bonds. The van der Waals surface area contributed by atoms with Crippen LogP contribution < -0.4 is 4.74 Å². The molecule has 0 atom stereocenters. The maximum atomic E-state index is 9.26. The molecular weight excluding hydrogens is 226 g/mol. The SMILES string of the molecule is CCOc1ccc(CN(C)CC(C)(C)CO)cc1. The molecule has 0 fully saturated rings. The van der Waals surface area contributed by atoms with Gasteiger partial charge in [-0.3, -0.25) is 0 Å². The van der Waals surface area contributed by atoms with Crippen LogP contribution in [0, 0.1) is 5.41 Å². The predicted molar refractivity (Wildman–Crippen MR) is 74.8 cm³/mol. The van der Waals surface area contributed by atoms with E-state index in [0.29, 0.717) is 6.61 Å². The van der Waals surface area contributed by atoms with Gasteiger partial charge < -0.3 is 14.7 Å². The zero-order valence-electron chi connectivity index (χ0n) is 11.9. The zero-order chi connectivity index (χ0) is 13.6. The standard InChI is InChI=1S/C15H25NO2/c1-5-18-14-8-6-13(7-9-14)10-16(4)11-15(2,3)12-17/h6-9,17H,5,10-12H2,1-4H3. The third-order valence-electron chi connectivity index (χ3n) is 2.81. The minimum Gasteiger partial charge on any atom is -0.494 e. The average Bonchev–Trinajstić information content (AvgIpc) is 2.31. The number of aliphatic hydroxyl groups excluding tert-OH is 1. The van der Waals surface area contributed by atoms with Crippen LogP contribution in [0.25, 0.3) is 0 Å². The van der Waals surface area contributed by atoms with Gasteiger partial charge in [0.1, 0.15) is 5.75 Å². The molecule has 0 aliphatic heterocycles. The van der Waals surface area contributed by atoms with Crippen molar-refractivity contribution in [3.63, 3.8) is 0 Å². The fourth-order valence-corrected chi connectivity index (χ4v) is 2.01. The molecule has 1 aromatic rings. The lowest BCUT2D eigenvalue weighted by Crippen LogP contribution is -2.33. The fraction of sp³-hybridized carbons (Fsp3) is 0.600. The van der Waals surface area contributed by atoms with Gasteiger partial charge in [0.2, 0.25) is 0 Å². The van der Waals surface area contributed by atoms with Crippen molar-refractivity contribution in [2.45, 2.75) is 27.3 Å². The van der Waals surface area contributed by atoms with E-state index in [-0.39, 0.29) is 12.0 Å². The van der Waals surface area contributed by atoms with Crippen LogP contribution >= 0.6 is 0 Å². The Kier molecular flexibility index (Phi) is 5.63. The lowest BCUT2D eigenvalue weighted by molar-refractivity contribution is 0.112. The maximum absolute atomic E-state index is 9.26. The zero-order valence-corrected chi connectivity index (χ0v) is 11.9. The number of hydrogen-bond donors (Lipinski definition) is 1. The topological polar surface area (TPSA) is 32.7 Å². The Morgan fingerprint density at radius 1 is 1.22 bits per heavy atom. The number of ether oxygens (including phenoxy) is 1. The van der Waals surface area contributed by atoms with Crippen LogP contribution in [0.5, 0.6) is 5.75 Å². The second-order valence-electron chi connectivity index (χ2n) is 5.57. The lowest BCUT2D eigenvalue weighted by atomic mass is 9.94. The Morgan fingerprint density at radius 3 is 2.33 bits per heavy atom. The van der Waals surface area contributed by atoms with Crippen molar-refractivity contribution in [1.29, 1.82) is 0 Å². The first kappa shape index (κ1) is 15.0. The number of aliphatic hydroxyl groups is 1. The highest BCUT2D eigenvalue weighted by Crippen LogP contribution is 2.17. The largest absolute Gasteiger partial charge is 0.494 e. The van der Waals surface area contributed by atoms with Crippen LogP contribution in [-0.4, -0.2) is 36.8 Å². The molecule has 1 rings (SSSR count). The molecule has 18 heavy (non-hydrogen) atoms. The molecule has 0 heterocycles. The smallest absolute Gasteiger partial charge is 0.119 e. The number of benzene rings is 1. The molecule has 0 unspecified atom stereocenters. The van der Waals surface area contributed by atoms with E-state index >= 15 is 0 Å². The van der Waals surface area contributed by atoms with Gasteiger partial charge in [-0.1, -0.05) is 26.0 Å². The Labute approximate surface area is 110 Å². The van der Waals surface area contributed by atoms with Gasteiger partial charge in [-0.25, -0.2) is 0 Å². The molecular formula is C15H25NO2. The second kappa shape index (κ2) is 6.76. The molecule has 0 aliphatic rings. The van der Waals surface area contributed by atoms with Crippen molar-refractivity contribution in [3.05, 3.63) is 29.8 Å². The van der Waals surface area contributed by atoms with Gasteiger partial charge in [0, 0.05) is 25.1 Å². The van der Waals surface area contributed by atoms with Crippen LogP contribution in [0.3, 0.4) is 0 Å². The van der Waals surface area contributed by atoms with Gasteiger partial charge >= 0.3 is 0 Å². The van der Waals surface area contributed by atoms with Gasteiger partial charge in [0.25, 0.3) is 0 Å². The van der Waals surface area contributed by atoms with Crippen molar-refractivity contribution in [3.8, 4) is 5.75 Å². The van der Waals surface area contributed by atoms with E-state index in [1.54, 1.807) is 0 Å². The van der Waals surface area contributed by atoms with Crippen molar-refractivity contribution in [1.82, 2.24) is 4.90 Å². The van der Waals surface area contributed by atoms with Crippen LogP contribution in [0.15, 0.2) is 24.3 Å². The monoisotopic (exact) mass is 251 g/mol. The summed E-state index contributed by atoms with van der Waals surface area (Å²) in [4.78, 5) is 2.23. The molecule has 0 spiro atoms. The van der Waals surface area contributed by atoms with E-state index in [1.165, 1.54) is 5.56 Å². The third-order valence-corrected chi connectivity index (χ3v) is 2.81. The predicted octanol–water partition coefficient (Wildman–Crippen LogP) is 2.54. The second-order valence-corrected chi connectivity index (χ2v) is 5.57. The number of nitrogens with zero attached hydrogens (tertiary/aromatic N) is 1. The first-order chi connectivity index (χ1) is 8.46. The highest BCUT2D eigenvalue weighted by molar-refractivity contribution is 5.27. The van der Waals surface area contributed by atoms with Gasteiger partial charge in [-0.2, -0.15) is 0 Å². The van der Waals surface area contributed by atoms with Crippen molar-refractivity contribution < 1.29 is 9.84 Å². The quantitative estimate of drug-likeness (QED) is 0.808. The molecule has 0 saturated carbocycles. The molecule has 0 saturated heterocycles. The summed E-state index contributed by atoms with van der Waals surface area (Å²) in [5.41, 5.74) is 1.20. The molecule has 0 bridgehead atoms. The normalized spacial score (nSPS) is 11.9. The Hall–Kier alpha value is -1.06. The molecule has 0 radical (unpaired) electrons. The van der Waals surface area contributed by atoms with Crippen molar-refractivity contribution >= 4 is 0 Å². The van der Waals surface area contributed by atoms with E-state index in [0.717, 1.165) is 18.8 Å². The first-order valence-corrected chi connectivity index (χ1v) is 6.48. The summed E-state index contributed by atoms with van der Waals surface area (Å²) in [6.07, 6.45) is 0. The third kappa shape index (κ3) is 5.07. The molecule has 102 valence electrons. The summed E-state index contributed by atoms with van der Waals surface area (Å²) in [5.74, 6) is 0.916. The Balaban J connectivity index is 2.51. The van der Waals surface area contributed by atoms with E-state index in [2.05, 4.69) is 37.9 Å². The summed E-state index contributed by atoms with van der Waals surface area (Å²) in [6, 6.07) is 8.19. The fourth-order valence-electron chi connectivity index (χ4n) is 2.01. The Morgan fingerprint density at radius 2 is 1.83 bits per heavy atom. The van der Waals surface area contributed by atoms with E-state index in [9.17, 15) is 5.11 Å². The van der Waals surface area contributed by atoms with Crippen LogP contribution in [0.2, 0.25) is 0 Å². The van der Waals surface area contributed by atoms with E-state index in [1.807, 2.05) is 19.1 Å². The van der Waals surface area contributed by atoms with Crippen LogP contribution in [-0.2, 0) is 6.54 Å². The Bertz CT molecular complexity index is 346. The first-order valence-electron chi connectivity index (χ1n) is 6.48. The molecule has 1 N–H and O–H groups in total. The molecule has 3 nitrogen and oxygen atoms in total. The van der Waals surface area contributed by atoms with Gasteiger partial charge in [-0.05, 0) is 31.7 Å². The highest BCUT2D eigenvalue weighted by atomic mass is 16.5. The van der Waals surface area contributed by atoms with Crippen molar-refractivity contribution in [2.75, 3.05) is 26.8 Å². The number of rotatable bonds is 7. The van der Waals surface area contributed by atoms with Gasteiger partial charge in [-0.15, -0.1) is 0 Å². The van der Waals surface area contributed by atoms with Gasteiger partial charge in [0.15, 0.2) is 0 Å². The summed E-state index contributed by atoms with van der Waals surface area (Å²) < 4.78 is 5.42. The summed E-state index contributed by atoms with van der Waals surface area (Å²) in [7, 11) is 2.08. The highest BCUT2D eigenvalue weighted by Gasteiger charge is 2.18.